The number of para-hydroxylation sites is 1. The van der Waals surface area contributed by atoms with E-state index in [2.05, 4.69) is 10.3 Å². The number of benzene rings is 2. The van der Waals surface area contributed by atoms with Crippen molar-refractivity contribution in [2.45, 2.75) is 25.9 Å². The number of hydrogen-bond acceptors (Lipinski definition) is 2. The number of aromatic nitrogens is 1. The predicted octanol–water partition coefficient (Wildman–Crippen LogP) is 3.79. The van der Waals surface area contributed by atoms with E-state index in [4.69, 9.17) is 11.6 Å². The van der Waals surface area contributed by atoms with Crippen molar-refractivity contribution in [1.82, 2.24) is 15.2 Å². The summed E-state index contributed by atoms with van der Waals surface area (Å²) < 4.78 is 0. The number of H-pyrrole nitrogens is 1. The van der Waals surface area contributed by atoms with E-state index in [1.54, 1.807) is 0 Å². The number of aromatic amines is 1. The van der Waals surface area contributed by atoms with Crippen molar-refractivity contribution in [2.24, 2.45) is 0 Å². The van der Waals surface area contributed by atoms with E-state index in [-0.39, 0.29) is 18.5 Å². The minimum absolute atomic E-state index is 0.201. The molecule has 0 radical (unpaired) electrons. The lowest BCUT2D eigenvalue weighted by Crippen LogP contribution is -2.32. The Labute approximate surface area is 155 Å². The summed E-state index contributed by atoms with van der Waals surface area (Å²) in [4.78, 5) is 29.5. The largest absolute Gasteiger partial charge is 0.360 e. The highest BCUT2D eigenvalue weighted by Crippen LogP contribution is 2.27. The first-order valence-corrected chi connectivity index (χ1v) is 8.82. The third kappa shape index (κ3) is 2.95. The van der Waals surface area contributed by atoms with Gasteiger partial charge in [-0.25, -0.2) is 4.79 Å². The molecule has 0 saturated carbocycles. The molecule has 0 aliphatic carbocycles. The summed E-state index contributed by atoms with van der Waals surface area (Å²) in [6.07, 6.45) is 2.27. The Balaban J connectivity index is 1.54. The van der Waals surface area contributed by atoms with Crippen LogP contribution in [0, 0.1) is 6.92 Å². The van der Waals surface area contributed by atoms with Gasteiger partial charge in [0, 0.05) is 18.0 Å². The number of aryl methyl sites for hydroxylation is 1. The third-order valence-corrected chi connectivity index (χ3v) is 5.02. The summed E-state index contributed by atoms with van der Waals surface area (Å²) in [6, 6.07) is 12.6. The quantitative estimate of drug-likeness (QED) is 0.689. The van der Waals surface area contributed by atoms with Gasteiger partial charge in [0.25, 0.3) is 5.91 Å². The number of halogens is 1. The number of carbonyl (C=O) groups excluding carboxylic acids is 2. The predicted molar refractivity (Wildman–Crippen MR) is 101 cm³/mol. The second-order valence-electron chi connectivity index (χ2n) is 6.60. The summed E-state index contributed by atoms with van der Waals surface area (Å²) in [5.41, 5.74) is 3.84. The molecule has 1 aromatic heterocycles. The van der Waals surface area contributed by atoms with E-state index < -0.39 is 6.04 Å². The van der Waals surface area contributed by atoms with Crippen LogP contribution in [0.4, 0.5) is 4.79 Å². The number of fused-ring (bicyclic) bond motifs is 1. The molecule has 1 aliphatic rings. The van der Waals surface area contributed by atoms with Gasteiger partial charge >= 0.3 is 6.03 Å². The molecule has 2 heterocycles. The van der Waals surface area contributed by atoms with Crippen molar-refractivity contribution >= 4 is 34.4 Å². The van der Waals surface area contributed by atoms with Crippen LogP contribution in [-0.2, 0) is 17.8 Å². The first-order chi connectivity index (χ1) is 12.5. The van der Waals surface area contributed by atoms with Crippen LogP contribution in [0.1, 0.15) is 16.7 Å². The average Bonchev–Trinajstić information content (AvgIpc) is 3.13. The number of carbonyl (C=O) groups is 2. The van der Waals surface area contributed by atoms with E-state index in [1.165, 1.54) is 4.90 Å². The Morgan fingerprint density at radius 3 is 2.77 bits per heavy atom. The lowest BCUT2D eigenvalue weighted by Gasteiger charge is -2.13. The van der Waals surface area contributed by atoms with Gasteiger partial charge in [-0.05, 0) is 24.1 Å². The third-order valence-electron chi connectivity index (χ3n) is 4.70. The van der Waals surface area contributed by atoms with Gasteiger partial charge in [-0.3, -0.25) is 9.69 Å². The van der Waals surface area contributed by atoms with Gasteiger partial charge in [-0.1, -0.05) is 53.6 Å². The molecule has 26 heavy (non-hydrogen) atoms. The van der Waals surface area contributed by atoms with Crippen LogP contribution in [0.5, 0.6) is 0 Å². The Kier molecular flexibility index (Phi) is 4.17. The molecule has 2 aromatic carbocycles. The SMILES string of the molecule is Cc1cccc(CN2C(=O)NC(Cc3c[nH]c4c(Cl)cccc34)C2=O)c1. The first-order valence-electron chi connectivity index (χ1n) is 8.45. The lowest BCUT2D eigenvalue weighted by atomic mass is 10.0. The summed E-state index contributed by atoms with van der Waals surface area (Å²) in [5.74, 6) is -0.201. The van der Waals surface area contributed by atoms with Gasteiger partial charge in [-0.2, -0.15) is 0 Å². The zero-order valence-electron chi connectivity index (χ0n) is 14.3. The summed E-state index contributed by atoms with van der Waals surface area (Å²) in [5, 5.41) is 4.40. The molecule has 132 valence electrons. The molecule has 1 unspecified atom stereocenters. The number of imide groups is 1. The minimum atomic E-state index is -0.565. The van der Waals surface area contributed by atoms with Gasteiger partial charge in [-0.15, -0.1) is 0 Å². The van der Waals surface area contributed by atoms with Crippen molar-refractivity contribution in [3.8, 4) is 0 Å². The van der Waals surface area contributed by atoms with Crippen LogP contribution >= 0.6 is 11.6 Å². The van der Waals surface area contributed by atoms with Crippen LogP contribution in [0.15, 0.2) is 48.7 Å². The Bertz CT molecular complexity index is 1010. The molecule has 0 spiro atoms. The second-order valence-corrected chi connectivity index (χ2v) is 7.00. The number of hydrogen-bond donors (Lipinski definition) is 2. The van der Waals surface area contributed by atoms with Crippen LogP contribution in [0.25, 0.3) is 10.9 Å². The van der Waals surface area contributed by atoms with Crippen LogP contribution in [-0.4, -0.2) is 27.9 Å². The number of amides is 3. The fourth-order valence-corrected chi connectivity index (χ4v) is 3.65. The van der Waals surface area contributed by atoms with E-state index in [1.807, 2.05) is 55.6 Å². The fraction of sp³-hybridized carbons (Fsp3) is 0.200. The van der Waals surface area contributed by atoms with Crippen LogP contribution in [0.3, 0.4) is 0 Å². The monoisotopic (exact) mass is 367 g/mol. The van der Waals surface area contributed by atoms with Gasteiger partial charge in [0.2, 0.25) is 0 Å². The molecule has 4 rings (SSSR count). The van der Waals surface area contributed by atoms with Crippen LogP contribution < -0.4 is 5.32 Å². The number of rotatable bonds is 4. The zero-order valence-corrected chi connectivity index (χ0v) is 15.0. The molecule has 0 bridgehead atoms. The highest BCUT2D eigenvalue weighted by molar-refractivity contribution is 6.35. The molecule has 1 saturated heterocycles. The molecule has 1 atom stereocenters. The molecule has 3 aromatic rings. The standard InChI is InChI=1S/C20H18ClN3O2/c1-12-4-2-5-13(8-12)11-24-19(25)17(23-20(24)26)9-14-10-22-18-15(14)6-3-7-16(18)21/h2-8,10,17,22H,9,11H2,1H3,(H,23,26). The summed E-state index contributed by atoms with van der Waals surface area (Å²) >= 11 is 6.19. The van der Waals surface area contributed by atoms with E-state index >= 15 is 0 Å². The van der Waals surface area contributed by atoms with Crippen molar-refractivity contribution in [3.05, 3.63) is 70.4 Å². The van der Waals surface area contributed by atoms with Gasteiger partial charge < -0.3 is 10.3 Å². The fourth-order valence-electron chi connectivity index (χ4n) is 3.42. The average molecular weight is 368 g/mol. The van der Waals surface area contributed by atoms with Gasteiger partial charge in [0.15, 0.2) is 0 Å². The summed E-state index contributed by atoms with van der Waals surface area (Å²) in [6.45, 7) is 2.27. The molecular weight excluding hydrogens is 350 g/mol. The maximum atomic E-state index is 12.7. The van der Waals surface area contributed by atoms with Crippen molar-refractivity contribution in [1.29, 1.82) is 0 Å². The maximum Gasteiger partial charge on any atom is 0.325 e. The lowest BCUT2D eigenvalue weighted by molar-refractivity contribution is -0.127. The topological polar surface area (TPSA) is 65.2 Å². The van der Waals surface area contributed by atoms with E-state index in [0.29, 0.717) is 11.4 Å². The molecule has 6 heteroatoms. The zero-order chi connectivity index (χ0) is 18.3. The van der Waals surface area contributed by atoms with Crippen LogP contribution in [0.2, 0.25) is 5.02 Å². The Hall–Kier alpha value is -2.79. The molecule has 5 nitrogen and oxygen atoms in total. The number of nitrogens with one attached hydrogen (secondary N) is 2. The van der Waals surface area contributed by atoms with E-state index in [9.17, 15) is 9.59 Å². The molecular formula is C20H18ClN3O2. The highest BCUT2D eigenvalue weighted by Gasteiger charge is 2.38. The normalized spacial score (nSPS) is 17.2. The summed E-state index contributed by atoms with van der Waals surface area (Å²) in [7, 11) is 0. The van der Waals surface area contributed by atoms with Crippen molar-refractivity contribution < 1.29 is 9.59 Å². The Morgan fingerprint density at radius 2 is 1.96 bits per heavy atom. The highest BCUT2D eigenvalue weighted by atomic mass is 35.5. The van der Waals surface area contributed by atoms with Crippen molar-refractivity contribution in [3.63, 3.8) is 0 Å². The first kappa shape index (κ1) is 16.7. The van der Waals surface area contributed by atoms with Gasteiger partial charge in [0.05, 0.1) is 17.1 Å². The molecule has 1 aliphatic heterocycles. The second kappa shape index (κ2) is 6.50. The Morgan fingerprint density at radius 1 is 1.15 bits per heavy atom. The smallest absolute Gasteiger partial charge is 0.325 e. The molecule has 3 amide bonds. The molecule has 1 fully saturated rings. The molecule has 2 N–H and O–H groups in total. The minimum Gasteiger partial charge on any atom is -0.360 e. The number of urea groups is 1. The number of nitrogens with zero attached hydrogens (tertiary/aromatic N) is 1. The van der Waals surface area contributed by atoms with E-state index in [0.717, 1.165) is 27.6 Å². The van der Waals surface area contributed by atoms with Crippen molar-refractivity contribution in [2.75, 3.05) is 0 Å². The van der Waals surface area contributed by atoms with Gasteiger partial charge in [0.1, 0.15) is 6.04 Å². The maximum absolute atomic E-state index is 12.7.